The minimum absolute atomic E-state index is 0.132. The number of nitrogens with two attached hydrogens (primary N) is 1. The van der Waals surface area contributed by atoms with Crippen molar-refractivity contribution in [3.8, 4) is 0 Å². The summed E-state index contributed by atoms with van der Waals surface area (Å²) >= 11 is 1.32. The van der Waals surface area contributed by atoms with Crippen LogP contribution in [0.25, 0.3) is 0 Å². The van der Waals surface area contributed by atoms with E-state index >= 15 is 0 Å². The van der Waals surface area contributed by atoms with Gasteiger partial charge in [-0.3, -0.25) is 4.79 Å². The zero-order chi connectivity index (χ0) is 13.0. The summed E-state index contributed by atoms with van der Waals surface area (Å²) in [7, 11) is 0. The number of carbonyl (C=O) groups excluding carboxylic acids is 1. The van der Waals surface area contributed by atoms with Crippen molar-refractivity contribution in [2.24, 2.45) is 10.8 Å². The lowest BCUT2D eigenvalue weighted by atomic mass is 10.2. The largest absolute Gasteiger partial charge is 0.364 e. The van der Waals surface area contributed by atoms with Crippen molar-refractivity contribution in [3.05, 3.63) is 41.6 Å². The van der Waals surface area contributed by atoms with Gasteiger partial charge in [0.15, 0.2) is 10.7 Å². The molecule has 0 aliphatic heterocycles. The van der Waals surface area contributed by atoms with Crippen LogP contribution in [0.3, 0.4) is 0 Å². The average Bonchev–Trinajstić information content (AvgIpc) is 2.80. The number of hydrogen-bond acceptors (Lipinski definition) is 5. The third-order valence-electron chi connectivity index (χ3n) is 2.16. The Balaban J connectivity index is 2.30. The number of nitrogens with zero attached hydrogens (tertiary/aromatic N) is 4. The van der Waals surface area contributed by atoms with E-state index in [-0.39, 0.29) is 5.69 Å². The Bertz CT molecular complexity index is 578. The standard InChI is InChI=1S/C11H11N5OS/c1-18-11-9(10(12)17)14-15-16(11)13-7-8-5-3-2-4-6-8/h2-7H,1H3,(H2,12,17)/b13-7+. The van der Waals surface area contributed by atoms with Gasteiger partial charge in [-0.25, -0.2) is 0 Å². The number of hydrogen-bond donors (Lipinski definition) is 1. The van der Waals surface area contributed by atoms with Gasteiger partial charge in [-0.05, 0) is 17.0 Å². The Hall–Kier alpha value is -2.15. The number of amides is 1. The van der Waals surface area contributed by atoms with E-state index in [1.807, 2.05) is 30.3 Å². The Kier molecular flexibility index (Phi) is 3.73. The number of carbonyl (C=O) groups is 1. The zero-order valence-electron chi connectivity index (χ0n) is 9.65. The summed E-state index contributed by atoms with van der Waals surface area (Å²) in [5, 5.41) is 12.1. The van der Waals surface area contributed by atoms with Crippen LogP contribution in [0.5, 0.6) is 0 Å². The topological polar surface area (TPSA) is 86.2 Å². The fourth-order valence-electron chi connectivity index (χ4n) is 1.33. The third kappa shape index (κ3) is 2.57. The molecule has 0 atom stereocenters. The molecule has 0 fully saturated rings. The number of primary amides is 1. The highest BCUT2D eigenvalue weighted by molar-refractivity contribution is 7.98. The zero-order valence-corrected chi connectivity index (χ0v) is 10.5. The van der Waals surface area contributed by atoms with Gasteiger partial charge < -0.3 is 5.73 Å². The predicted molar refractivity (Wildman–Crippen MR) is 69.8 cm³/mol. The predicted octanol–water partition coefficient (Wildman–Crippen LogP) is 0.981. The molecule has 18 heavy (non-hydrogen) atoms. The van der Waals surface area contributed by atoms with Crippen LogP contribution in [-0.4, -0.2) is 33.5 Å². The first kappa shape index (κ1) is 12.3. The van der Waals surface area contributed by atoms with E-state index in [1.54, 1.807) is 12.5 Å². The van der Waals surface area contributed by atoms with Gasteiger partial charge in [0.1, 0.15) is 0 Å². The molecule has 1 heterocycles. The molecule has 0 bridgehead atoms. The molecule has 0 aliphatic carbocycles. The second kappa shape index (κ2) is 5.46. The Labute approximate surface area is 108 Å². The monoisotopic (exact) mass is 261 g/mol. The molecule has 1 amide bonds. The van der Waals surface area contributed by atoms with Gasteiger partial charge in [0.25, 0.3) is 5.91 Å². The van der Waals surface area contributed by atoms with E-state index in [2.05, 4.69) is 15.4 Å². The van der Waals surface area contributed by atoms with Crippen LogP contribution in [0.15, 0.2) is 40.5 Å². The SMILES string of the molecule is CSc1c(C(N)=O)nnn1/N=C/c1ccccc1. The minimum atomic E-state index is -0.611. The van der Waals surface area contributed by atoms with Crippen LogP contribution in [0.1, 0.15) is 16.1 Å². The van der Waals surface area contributed by atoms with E-state index in [9.17, 15) is 4.79 Å². The van der Waals surface area contributed by atoms with Crippen LogP contribution in [0, 0.1) is 0 Å². The van der Waals surface area contributed by atoms with E-state index in [4.69, 9.17) is 5.73 Å². The van der Waals surface area contributed by atoms with Crippen LogP contribution >= 0.6 is 11.8 Å². The number of aromatic nitrogens is 3. The first-order valence-electron chi connectivity index (χ1n) is 5.11. The maximum atomic E-state index is 11.1. The van der Waals surface area contributed by atoms with Gasteiger partial charge >= 0.3 is 0 Å². The summed E-state index contributed by atoms with van der Waals surface area (Å²) in [4.78, 5) is 12.4. The maximum Gasteiger partial charge on any atom is 0.272 e. The van der Waals surface area contributed by atoms with Gasteiger partial charge in [0.2, 0.25) is 0 Å². The first-order chi connectivity index (χ1) is 8.72. The summed E-state index contributed by atoms with van der Waals surface area (Å²) < 4.78 is 0. The Morgan fingerprint density at radius 3 is 2.78 bits per heavy atom. The highest BCUT2D eigenvalue weighted by atomic mass is 32.2. The normalized spacial score (nSPS) is 10.9. The highest BCUT2D eigenvalue weighted by Crippen LogP contribution is 2.17. The molecule has 0 aliphatic rings. The van der Waals surface area contributed by atoms with Gasteiger partial charge in [-0.1, -0.05) is 30.3 Å². The lowest BCUT2D eigenvalue weighted by molar-refractivity contribution is 0.0992. The molecule has 2 rings (SSSR count). The van der Waals surface area contributed by atoms with Gasteiger partial charge in [-0.15, -0.1) is 21.7 Å². The van der Waals surface area contributed by atoms with Crippen molar-refractivity contribution in [2.75, 3.05) is 6.26 Å². The van der Waals surface area contributed by atoms with E-state index in [0.717, 1.165) is 5.56 Å². The maximum absolute atomic E-state index is 11.1. The summed E-state index contributed by atoms with van der Waals surface area (Å²) in [5.74, 6) is -0.611. The van der Waals surface area contributed by atoms with Crippen LogP contribution in [-0.2, 0) is 0 Å². The molecule has 0 unspecified atom stereocenters. The summed E-state index contributed by atoms with van der Waals surface area (Å²) in [6, 6.07) is 9.56. The average molecular weight is 261 g/mol. The van der Waals surface area contributed by atoms with Crippen LogP contribution in [0.4, 0.5) is 0 Å². The Morgan fingerprint density at radius 1 is 1.44 bits per heavy atom. The second-order valence-corrected chi connectivity index (χ2v) is 4.15. The van der Waals surface area contributed by atoms with Gasteiger partial charge in [-0.2, -0.15) is 5.10 Å². The molecule has 6 nitrogen and oxygen atoms in total. The molecule has 2 aromatic rings. The van der Waals surface area contributed by atoms with Crippen molar-refractivity contribution >= 4 is 23.9 Å². The van der Waals surface area contributed by atoms with Gasteiger partial charge in [0.05, 0.1) is 6.21 Å². The minimum Gasteiger partial charge on any atom is -0.364 e. The molecular formula is C11H11N5OS. The van der Waals surface area contributed by atoms with E-state index in [1.165, 1.54) is 16.6 Å². The molecule has 92 valence electrons. The highest BCUT2D eigenvalue weighted by Gasteiger charge is 2.15. The van der Waals surface area contributed by atoms with Gasteiger partial charge in [0, 0.05) is 0 Å². The summed E-state index contributed by atoms with van der Waals surface area (Å²) in [6.07, 6.45) is 3.44. The molecule has 0 saturated carbocycles. The lowest BCUT2D eigenvalue weighted by Crippen LogP contribution is -2.12. The smallest absolute Gasteiger partial charge is 0.272 e. The van der Waals surface area contributed by atoms with Crippen molar-refractivity contribution in [2.45, 2.75) is 5.03 Å². The summed E-state index contributed by atoms with van der Waals surface area (Å²) in [5.41, 5.74) is 6.25. The first-order valence-corrected chi connectivity index (χ1v) is 6.33. The number of thioether (sulfide) groups is 1. The van der Waals surface area contributed by atoms with Crippen LogP contribution < -0.4 is 5.73 Å². The van der Waals surface area contributed by atoms with E-state index in [0.29, 0.717) is 5.03 Å². The molecular weight excluding hydrogens is 250 g/mol. The molecule has 0 radical (unpaired) electrons. The van der Waals surface area contributed by atoms with Crippen molar-refractivity contribution < 1.29 is 4.79 Å². The second-order valence-electron chi connectivity index (χ2n) is 3.36. The Morgan fingerprint density at radius 2 is 2.17 bits per heavy atom. The molecule has 0 spiro atoms. The van der Waals surface area contributed by atoms with Crippen molar-refractivity contribution in [1.82, 2.24) is 15.1 Å². The molecule has 1 aromatic carbocycles. The fraction of sp³-hybridized carbons (Fsp3) is 0.0909. The number of benzene rings is 1. The quantitative estimate of drug-likeness (QED) is 0.656. The summed E-state index contributed by atoms with van der Waals surface area (Å²) in [6.45, 7) is 0. The molecule has 2 N–H and O–H groups in total. The van der Waals surface area contributed by atoms with Crippen molar-refractivity contribution in [3.63, 3.8) is 0 Å². The lowest BCUT2D eigenvalue weighted by Gasteiger charge is -1.97. The van der Waals surface area contributed by atoms with Crippen LogP contribution in [0.2, 0.25) is 0 Å². The molecule has 1 aromatic heterocycles. The fourth-order valence-corrected chi connectivity index (χ4v) is 1.92. The number of rotatable bonds is 4. The van der Waals surface area contributed by atoms with Crippen molar-refractivity contribution in [1.29, 1.82) is 0 Å². The molecule has 0 saturated heterocycles. The molecule has 7 heteroatoms. The third-order valence-corrected chi connectivity index (χ3v) is 2.90. The van der Waals surface area contributed by atoms with E-state index < -0.39 is 5.91 Å².